The number of hydrogen-bond donors (Lipinski definition) is 1. The molecule has 0 aliphatic rings. The van der Waals surface area contributed by atoms with Crippen LogP contribution in [0.1, 0.15) is 0 Å². The van der Waals surface area contributed by atoms with E-state index in [0.29, 0.717) is 0 Å². The van der Waals surface area contributed by atoms with E-state index in [1.807, 2.05) is 36.4 Å². The predicted octanol–water partition coefficient (Wildman–Crippen LogP) is 10.1. The summed E-state index contributed by atoms with van der Waals surface area (Å²) in [6.45, 7) is 0. The standard InChI is InChI=1S/C36H32N4P/c37-41(38(31-19-7-1-8-20-31)32-21-9-2-10-22-32,39(33-23-11-3-12-24-33)34-25-13-4-14-26-34)40(35-27-15-5-16-28-35)36-29-17-6-18-30-36/h1-30H,37H2/q+1. The van der Waals surface area contributed by atoms with E-state index in [-0.39, 0.29) is 0 Å². The van der Waals surface area contributed by atoms with Gasteiger partial charge < -0.3 is 0 Å². The SMILES string of the molecule is N[P+](N(c1ccccc1)c1ccccc1)(N(c1ccccc1)c1ccccc1)N(c1ccccc1)c1ccccc1. The summed E-state index contributed by atoms with van der Waals surface area (Å²) in [6.07, 6.45) is 0. The van der Waals surface area contributed by atoms with Crippen LogP contribution in [0.2, 0.25) is 0 Å². The molecule has 41 heavy (non-hydrogen) atoms. The van der Waals surface area contributed by atoms with Crippen LogP contribution in [0.5, 0.6) is 0 Å². The molecule has 6 aromatic rings. The summed E-state index contributed by atoms with van der Waals surface area (Å²) < 4.78 is 6.98. The van der Waals surface area contributed by atoms with Crippen LogP contribution in [-0.4, -0.2) is 0 Å². The van der Waals surface area contributed by atoms with Gasteiger partial charge in [0.05, 0.1) is 34.1 Å². The highest BCUT2D eigenvalue weighted by Gasteiger charge is 2.57. The molecule has 6 rings (SSSR count). The van der Waals surface area contributed by atoms with Gasteiger partial charge in [-0.05, 0) is 72.8 Å². The summed E-state index contributed by atoms with van der Waals surface area (Å²) in [5.41, 5.74) is 14.2. The van der Waals surface area contributed by atoms with E-state index < -0.39 is 7.87 Å². The second-order valence-electron chi connectivity index (χ2n) is 9.56. The summed E-state index contributed by atoms with van der Waals surface area (Å²) in [6, 6.07) is 62.7. The first-order chi connectivity index (χ1) is 20.3. The summed E-state index contributed by atoms with van der Waals surface area (Å²) in [7, 11) is -3.13. The van der Waals surface area contributed by atoms with Gasteiger partial charge in [-0.2, -0.15) is 14.0 Å². The Morgan fingerprint density at radius 2 is 0.415 bits per heavy atom. The maximum atomic E-state index is 8.21. The summed E-state index contributed by atoms with van der Waals surface area (Å²) >= 11 is 0. The van der Waals surface area contributed by atoms with Crippen molar-refractivity contribution >= 4 is 42.0 Å². The Labute approximate surface area is 243 Å². The molecule has 0 unspecified atom stereocenters. The smallest absolute Gasteiger partial charge is 0.161 e. The zero-order valence-electron chi connectivity index (χ0n) is 22.7. The maximum Gasteiger partial charge on any atom is 0.389 e. The van der Waals surface area contributed by atoms with Gasteiger partial charge in [-0.25, -0.2) is 0 Å². The average Bonchev–Trinajstić information content (AvgIpc) is 3.04. The Kier molecular flexibility index (Phi) is 7.77. The number of nitrogens with two attached hydrogens (primary N) is 1. The van der Waals surface area contributed by atoms with Gasteiger partial charge in [-0.1, -0.05) is 109 Å². The number of anilines is 6. The highest BCUT2D eigenvalue weighted by Crippen LogP contribution is 2.71. The van der Waals surface area contributed by atoms with Crippen LogP contribution < -0.4 is 19.5 Å². The van der Waals surface area contributed by atoms with Crippen molar-refractivity contribution < 1.29 is 0 Å². The average molecular weight is 552 g/mol. The second kappa shape index (κ2) is 12.1. The van der Waals surface area contributed by atoms with E-state index >= 15 is 0 Å². The Balaban J connectivity index is 1.75. The van der Waals surface area contributed by atoms with Crippen molar-refractivity contribution in [1.82, 2.24) is 0 Å². The van der Waals surface area contributed by atoms with Crippen LogP contribution in [0.3, 0.4) is 0 Å². The molecule has 0 aliphatic heterocycles. The molecule has 200 valence electrons. The summed E-state index contributed by atoms with van der Waals surface area (Å²) in [5, 5.41) is 0. The lowest BCUT2D eigenvalue weighted by Crippen LogP contribution is -2.45. The van der Waals surface area contributed by atoms with Gasteiger partial charge in [-0.3, -0.25) is 0 Å². The minimum atomic E-state index is -3.13. The molecule has 0 aliphatic carbocycles. The van der Waals surface area contributed by atoms with E-state index in [2.05, 4.69) is 160 Å². The molecule has 4 nitrogen and oxygen atoms in total. The monoisotopic (exact) mass is 551 g/mol. The Hall–Kier alpha value is -4.89. The highest BCUT2D eigenvalue weighted by molar-refractivity contribution is 7.79. The topological polar surface area (TPSA) is 35.7 Å². The van der Waals surface area contributed by atoms with E-state index in [1.165, 1.54) is 0 Å². The number of rotatable bonds is 9. The molecule has 0 bridgehead atoms. The highest BCUT2D eigenvalue weighted by atomic mass is 31.2. The predicted molar refractivity (Wildman–Crippen MR) is 176 cm³/mol. The lowest BCUT2D eigenvalue weighted by Gasteiger charge is -2.46. The fourth-order valence-corrected chi connectivity index (χ4v) is 8.53. The molecule has 0 atom stereocenters. The summed E-state index contributed by atoms with van der Waals surface area (Å²) in [5.74, 6) is 0. The van der Waals surface area contributed by atoms with Gasteiger partial charge in [0.1, 0.15) is 0 Å². The van der Waals surface area contributed by atoms with Gasteiger partial charge in [0.15, 0.2) is 0 Å². The number of nitrogens with zero attached hydrogens (tertiary/aromatic N) is 3. The van der Waals surface area contributed by atoms with E-state index in [4.69, 9.17) is 5.50 Å². The van der Waals surface area contributed by atoms with Crippen LogP contribution in [0, 0.1) is 0 Å². The number of hydrogen-bond acceptors (Lipinski definition) is 4. The molecule has 0 aromatic heterocycles. The third-order valence-electron chi connectivity index (χ3n) is 6.89. The molecule has 0 spiro atoms. The number of para-hydroxylation sites is 6. The Morgan fingerprint density at radius 1 is 0.268 bits per heavy atom. The minimum absolute atomic E-state index is 1.00. The van der Waals surface area contributed by atoms with Gasteiger partial charge in [0.2, 0.25) is 0 Å². The largest absolute Gasteiger partial charge is 0.389 e. The molecule has 0 radical (unpaired) electrons. The fourth-order valence-electron chi connectivity index (χ4n) is 5.15. The summed E-state index contributed by atoms with van der Waals surface area (Å²) in [4.78, 5) is 0. The zero-order valence-corrected chi connectivity index (χ0v) is 23.6. The van der Waals surface area contributed by atoms with Gasteiger partial charge >= 0.3 is 7.87 Å². The minimum Gasteiger partial charge on any atom is -0.161 e. The molecule has 0 heterocycles. The molecule has 5 heteroatoms. The van der Waals surface area contributed by atoms with Gasteiger partial charge in [0, 0.05) is 0 Å². The first-order valence-corrected chi connectivity index (χ1v) is 15.4. The first kappa shape index (κ1) is 26.3. The molecule has 6 aromatic carbocycles. The van der Waals surface area contributed by atoms with Crippen molar-refractivity contribution in [2.45, 2.75) is 0 Å². The molecular weight excluding hydrogens is 519 g/mol. The van der Waals surface area contributed by atoms with Crippen LogP contribution in [0.25, 0.3) is 0 Å². The maximum absolute atomic E-state index is 8.21. The normalized spacial score (nSPS) is 11.0. The first-order valence-electron chi connectivity index (χ1n) is 13.7. The Bertz CT molecular complexity index is 1320. The van der Waals surface area contributed by atoms with Crippen LogP contribution >= 0.6 is 7.87 Å². The van der Waals surface area contributed by atoms with Crippen molar-refractivity contribution in [3.8, 4) is 0 Å². The third kappa shape index (κ3) is 5.31. The zero-order chi connectivity index (χ0) is 27.9. The van der Waals surface area contributed by atoms with Crippen molar-refractivity contribution in [1.29, 1.82) is 0 Å². The van der Waals surface area contributed by atoms with Crippen molar-refractivity contribution in [2.75, 3.05) is 14.0 Å². The van der Waals surface area contributed by atoms with Gasteiger partial charge in [0.25, 0.3) is 0 Å². The molecule has 0 fully saturated rings. The van der Waals surface area contributed by atoms with Crippen LogP contribution in [0.15, 0.2) is 182 Å². The quantitative estimate of drug-likeness (QED) is 0.181. The molecular formula is C36H32N4P+. The molecule has 0 amide bonds. The van der Waals surface area contributed by atoms with Crippen LogP contribution in [0.4, 0.5) is 34.1 Å². The lowest BCUT2D eigenvalue weighted by atomic mass is 10.2. The van der Waals surface area contributed by atoms with Crippen molar-refractivity contribution in [2.24, 2.45) is 5.50 Å². The lowest BCUT2D eigenvalue weighted by molar-refractivity contribution is 1.22. The molecule has 0 saturated heterocycles. The molecule has 2 N–H and O–H groups in total. The Morgan fingerprint density at radius 3 is 0.561 bits per heavy atom. The van der Waals surface area contributed by atoms with Gasteiger partial charge in [-0.15, -0.1) is 5.50 Å². The van der Waals surface area contributed by atoms with Crippen molar-refractivity contribution in [3.05, 3.63) is 182 Å². The van der Waals surface area contributed by atoms with E-state index in [9.17, 15) is 0 Å². The van der Waals surface area contributed by atoms with E-state index in [1.54, 1.807) is 0 Å². The third-order valence-corrected chi connectivity index (χ3v) is 10.0. The fraction of sp³-hybridized carbons (Fsp3) is 0. The second-order valence-corrected chi connectivity index (χ2v) is 12.0. The van der Waals surface area contributed by atoms with E-state index in [0.717, 1.165) is 34.1 Å². The molecule has 0 saturated carbocycles. The van der Waals surface area contributed by atoms with Crippen molar-refractivity contribution in [3.63, 3.8) is 0 Å². The number of benzene rings is 6. The van der Waals surface area contributed by atoms with Crippen LogP contribution in [-0.2, 0) is 0 Å².